The smallest absolute Gasteiger partial charge is 0.314 e. The molecule has 0 aromatic carbocycles. The first-order valence-electron chi connectivity index (χ1n) is 4.14. The molecule has 0 saturated carbocycles. The molecule has 0 amide bonds. The monoisotopic (exact) mass is 200 g/mol. The van der Waals surface area contributed by atoms with Crippen LogP contribution in [0.4, 0.5) is 0 Å². The lowest BCUT2D eigenvalue weighted by molar-refractivity contribution is -0.136. The van der Waals surface area contributed by atoms with E-state index in [9.17, 15) is 4.79 Å². The molecule has 0 saturated heterocycles. The van der Waals surface area contributed by atoms with E-state index in [0.29, 0.717) is 11.5 Å². The molecule has 3 nitrogen and oxygen atoms in total. The van der Waals surface area contributed by atoms with Crippen LogP contribution in [0.1, 0.15) is 19.8 Å². The lowest BCUT2D eigenvalue weighted by Crippen LogP contribution is -2.16. The molecule has 1 rings (SSSR count). The fourth-order valence-corrected chi connectivity index (χ4v) is 1.40. The van der Waals surface area contributed by atoms with E-state index in [1.54, 1.807) is 6.07 Å². The standard InChI is InChI=1S/C9H12O3S/c1-2-7(10)6-8(11)12-9-4-3-5-13-9/h3-5,7,10H,2,6H2,1H3. The summed E-state index contributed by atoms with van der Waals surface area (Å²) in [6, 6.07) is 3.53. The lowest BCUT2D eigenvalue weighted by atomic mass is 10.2. The first-order chi connectivity index (χ1) is 6.22. The molecule has 1 N–H and O–H groups in total. The Morgan fingerprint density at radius 2 is 2.54 bits per heavy atom. The number of hydrogen-bond acceptors (Lipinski definition) is 4. The van der Waals surface area contributed by atoms with Gasteiger partial charge in [0.2, 0.25) is 0 Å². The zero-order chi connectivity index (χ0) is 9.68. The number of esters is 1. The van der Waals surface area contributed by atoms with Crippen LogP contribution in [0.3, 0.4) is 0 Å². The van der Waals surface area contributed by atoms with Gasteiger partial charge in [-0.3, -0.25) is 4.79 Å². The Hall–Kier alpha value is -0.870. The summed E-state index contributed by atoms with van der Waals surface area (Å²) in [6.07, 6.45) is 0.0426. The lowest BCUT2D eigenvalue weighted by Gasteiger charge is -2.05. The molecule has 0 spiro atoms. The highest BCUT2D eigenvalue weighted by molar-refractivity contribution is 7.11. The summed E-state index contributed by atoms with van der Waals surface area (Å²) in [5.74, 6) is -0.378. The Bertz CT molecular complexity index is 256. The van der Waals surface area contributed by atoms with E-state index in [4.69, 9.17) is 9.84 Å². The van der Waals surface area contributed by atoms with Gasteiger partial charge in [0.15, 0.2) is 5.06 Å². The maximum absolute atomic E-state index is 11.1. The third-order valence-corrected chi connectivity index (χ3v) is 2.33. The van der Waals surface area contributed by atoms with Crippen molar-refractivity contribution in [2.45, 2.75) is 25.9 Å². The second kappa shape index (κ2) is 4.99. The molecule has 1 aromatic rings. The number of thiophene rings is 1. The van der Waals surface area contributed by atoms with E-state index in [1.165, 1.54) is 11.3 Å². The van der Waals surface area contributed by atoms with Crippen molar-refractivity contribution in [3.05, 3.63) is 17.5 Å². The minimum atomic E-state index is -0.590. The van der Waals surface area contributed by atoms with Crippen LogP contribution in [-0.2, 0) is 4.79 Å². The Morgan fingerprint density at radius 3 is 3.08 bits per heavy atom. The van der Waals surface area contributed by atoms with Crippen molar-refractivity contribution in [1.82, 2.24) is 0 Å². The number of carbonyl (C=O) groups is 1. The van der Waals surface area contributed by atoms with E-state index in [0.717, 1.165) is 0 Å². The molecule has 0 aliphatic carbocycles. The Morgan fingerprint density at radius 1 is 1.77 bits per heavy atom. The fourth-order valence-electron chi connectivity index (χ4n) is 0.812. The molecule has 1 heterocycles. The van der Waals surface area contributed by atoms with Crippen molar-refractivity contribution < 1.29 is 14.6 Å². The molecule has 1 unspecified atom stereocenters. The number of aliphatic hydroxyl groups excluding tert-OH is 1. The van der Waals surface area contributed by atoms with Crippen LogP contribution >= 0.6 is 11.3 Å². The molecule has 1 aromatic heterocycles. The molecule has 0 radical (unpaired) electrons. The van der Waals surface area contributed by atoms with Crippen molar-refractivity contribution in [3.8, 4) is 5.06 Å². The minimum absolute atomic E-state index is 0.0639. The van der Waals surface area contributed by atoms with E-state index in [1.807, 2.05) is 18.4 Å². The van der Waals surface area contributed by atoms with E-state index < -0.39 is 6.10 Å². The summed E-state index contributed by atoms with van der Waals surface area (Å²) >= 11 is 1.36. The zero-order valence-corrected chi connectivity index (χ0v) is 8.21. The molecule has 0 fully saturated rings. The van der Waals surface area contributed by atoms with Gasteiger partial charge in [-0.05, 0) is 23.9 Å². The van der Waals surface area contributed by atoms with Gasteiger partial charge in [0.25, 0.3) is 0 Å². The summed E-state index contributed by atoms with van der Waals surface area (Å²) in [7, 11) is 0. The quantitative estimate of drug-likeness (QED) is 0.754. The SMILES string of the molecule is CCC(O)CC(=O)Oc1cccs1. The zero-order valence-electron chi connectivity index (χ0n) is 7.40. The molecule has 1 atom stereocenters. The molecule has 0 aliphatic rings. The average molecular weight is 200 g/mol. The second-order valence-electron chi connectivity index (χ2n) is 2.67. The second-order valence-corrected chi connectivity index (χ2v) is 3.58. The highest BCUT2D eigenvalue weighted by Gasteiger charge is 2.10. The maximum Gasteiger partial charge on any atom is 0.314 e. The number of carbonyl (C=O) groups excluding carboxylic acids is 1. The summed E-state index contributed by atoms with van der Waals surface area (Å²) < 4.78 is 4.95. The Balaban J connectivity index is 2.34. The van der Waals surface area contributed by atoms with E-state index in [2.05, 4.69) is 0 Å². The van der Waals surface area contributed by atoms with Crippen LogP contribution in [-0.4, -0.2) is 17.2 Å². The van der Waals surface area contributed by atoms with E-state index >= 15 is 0 Å². The molecule has 72 valence electrons. The van der Waals surface area contributed by atoms with Crippen molar-refractivity contribution in [2.75, 3.05) is 0 Å². The number of hydrogen-bond donors (Lipinski definition) is 1. The van der Waals surface area contributed by atoms with Gasteiger partial charge in [0.05, 0.1) is 12.5 Å². The highest BCUT2D eigenvalue weighted by atomic mass is 32.1. The molecular weight excluding hydrogens is 188 g/mol. The Labute approximate surface area is 81.0 Å². The predicted octanol–water partition coefficient (Wildman–Crippen LogP) is 1.81. The van der Waals surface area contributed by atoms with Gasteiger partial charge in [-0.15, -0.1) is 11.3 Å². The summed E-state index contributed by atoms with van der Waals surface area (Å²) in [5, 5.41) is 11.6. The first-order valence-corrected chi connectivity index (χ1v) is 5.02. The Kier molecular flexibility index (Phi) is 3.92. The fraction of sp³-hybridized carbons (Fsp3) is 0.444. The van der Waals surface area contributed by atoms with Crippen LogP contribution in [0, 0.1) is 0 Å². The first kappa shape index (κ1) is 10.2. The minimum Gasteiger partial charge on any atom is -0.415 e. The number of ether oxygens (including phenoxy) is 1. The number of aliphatic hydroxyl groups is 1. The molecule has 13 heavy (non-hydrogen) atoms. The van der Waals surface area contributed by atoms with Crippen molar-refractivity contribution in [2.24, 2.45) is 0 Å². The third-order valence-electron chi connectivity index (χ3n) is 1.58. The summed E-state index contributed by atoms with van der Waals surface area (Å²) in [4.78, 5) is 11.1. The van der Waals surface area contributed by atoms with Crippen molar-refractivity contribution in [1.29, 1.82) is 0 Å². The van der Waals surface area contributed by atoms with Crippen molar-refractivity contribution >= 4 is 17.3 Å². The molecule has 0 bridgehead atoms. The average Bonchev–Trinajstić information content (AvgIpc) is 2.56. The topological polar surface area (TPSA) is 46.5 Å². The number of rotatable bonds is 4. The summed E-state index contributed by atoms with van der Waals surface area (Å²) in [6.45, 7) is 1.82. The summed E-state index contributed by atoms with van der Waals surface area (Å²) in [5.41, 5.74) is 0. The van der Waals surface area contributed by atoms with Gasteiger partial charge >= 0.3 is 5.97 Å². The largest absolute Gasteiger partial charge is 0.415 e. The highest BCUT2D eigenvalue weighted by Crippen LogP contribution is 2.18. The van der Waals surface area contributed by atoms with Crippen LogP contribution in [0.25, 0.3) is 0 Å². The van der Waals surface area contributed by atoms with E-state index in [-0.39, 0.29) is 12.4 Å². The molecule has 4 heteroatoms. The molecule has 0 aliphatic heterocycles. The molecular formula is C9H12O3S. The van der Waals surface area contributed by atoms with Crippen LogP contribution < -0.4 is 4.74 Å². The van der Waals surface area contributed by atoms with Gasteiger partial charge in [0.1, 0.15) is 0 Å². The van der Waals surface area contributed by atoms with Gasteiger partial charge in [0, 0.05) is 0 Å². The van der Waals surface area contributed by atoms with Crippen LogP contribution in [0.15, 0.2) is 17.5 Å². The van der Waals surface area contributed by atoms with Gasteiger partial charge in [-0.25, -0.2) is 0 Å². The van der Waals surface area contributed by atoms with Crippen molar-refractivity contribution in [3.63, 3.8) is 0 Å². The normalized spacial score (nSPS) is 12.5. The third kappa shape index (κ3) is 3.57. The van der Waals surface area contributed by atoms with Gasteiger partial charge in [-0.2, -0.15) is 0 Å². The van der Waals surface area contributed by atoms with Gasteiger partial charge in [-0.1, -0.05) is 6.92 Å². The maximum atomic E-state index is 11.1. The van der Waals surface area contributed by atoms with Gasteiger partial charge < -0.3 is 9.84 Å². The van der Waals surface area contributed by atoms with Crippen LogP contribution in [0.5, 0.6) is 5.06 Å². The van der Waals surface area contributed by atoms with Crippen LogP contribution in [0.2, 0.25) is 0 Å². The predicted molar refractivity (Wildman–Crippen MR) is 50.9 cm³/mol.